The Bertz CT molecular complexity index is 872. The van der Waals surface area contributed by atoms with Crippen molar-refractivity contribution in [1.29, 1.82) is 5.26 Å². The molecule has 3 heteroatoms. The van der Waals surface area contributed by atoms with Crippen LogP contribution < -0.4 is 5.73 Å². The second-order valence-corrected chi connectivity index (χ2v) is 5.77. The normalized spacial score (nSPS) is 19.6. The van der Waals surface area contributed by atoms with E-state index < -0.39 is 6.23 Å². The van der Waals surface area contributed by atoms with Gasteiger partial charge < -0.3 is 4.74 Å². The van der Waals surface area contributed by atoms with E-state index in [4.69, 9.17) is 10.5 Å². The fourth-order valence-corrected chi connectivity index (χ4v) is 3.41. The molecule has 23 heavy (non-hydrogen) atoms. The fourth-order valence-electron chi connectivity index (χ4n) is 3.41. The van der Waals surface area contributed by atoms with Crippen molar-refractivity contribution in [3.05, 3.63) is 82.4 Å². The van der Waals surface area contributed by atoms with Crippen LogP contribution in [0.4, 0.5) is 0 Å². The molecule has 0 spiro atoms. The number of nitrogens with two attached hydrogens (primary N) is 1. The van der Waals surface area contributed by atoms with E-state index >= 15 is 0 Å². The lowest BCUT2D eigenvalue weighted by Crippen LogP contribution is -2.31. The number of hydrogen-bond donors (Lipinski definition) is 1. The molecular formula is C20H16N2O. The van der Waals surface area contributed by atoms with E-state index in [1.165, 1.54) is 5.56 Å². The van der Waals surface area contributed by atoms with Gasteiger partial charge in [-0.15, -0.1) is 0 Å². The first-order valence-electron chi connectivity index (χ1n) is 7.73. The van der Waals surface area contributed by atoms with Crippen molar-refractivity contribution in [3.63, 3.8) is 0 Å². The third kappa shape index (κ3) is 2.16. The van der Waals surface area contributed by atoms with Crippen LogP contribution in [0.2, 0.25) is 0 Å². The first kappa shape index (κ1) is 13.8. The van der Waals surface area contributed by atoms with Gasteiger partial charge in [0.05, 0.1) is 5.57 Å². The molecule has 1 heterocycles. The molecule has 3 nitrogen and oxygen atoms in total. The summed E-state index contributed by atoms with van der Waals surface area (Å²) in [6, 6.07) is 20.5. The van der Waals surface area contributed by atoms with Crippen LogP contribution in [0.1, 0.15) is 23.1 Å². The van der Waals surface area contributed by atoms with Crippen LogP contribution in [0.25, 0.3) is 11.3 Å². The Hall–Kier alpha value is -2.83. The zero-order valence-corrected chi connectivity index (χ0v) is 12.6. The predicted molar refractivity (Wildman–Crippen MR) is 89.7 cm³/mol. The monoisotopic (exact) mass is 300 g/mol. The molecule has 112 valence electrons. The van der Waals surface area contributed by atoms with Crippen molar-refractivity contribution in [1.82, 2.24) is 0 Å². The molecule has 1 unspecified atom stereocenters. The van der Waals surface area contributed by atoms with Crippen LogP contribution in [-0.4, -0.2) is 6.23 Å². The number of rotatable bonds is 1. The highest BCUT2D eigenvalue weighted by Gasteiger charge is 2.32. The van der Waals surface area contributed by atoms with Crippen molar-refractivity contribution in [3.8, 4) is 6.07 Å². The van der Waals surface area contributed by atoms with Crippen LogP contribution >= 0.6 is 0 Å². The van der Waals surface area contributed by atoms with Crippen molar-refractivity contribution in [2.75, 3.05) is 0 Å². The van der Waals surface area contributed by atoms with Gasteiger partial charge in [0.25, 0.3) is 0 Å². The Kier molecular flexibility index (Phi) is 3.25. The van der Waals surface area contributed by atoms with Gasteiger partial charge in [-0.3, -0.25) is 5.73 Å². The van der Waals surface area contributed by atoms with Crippen LogP contribution in [0.3, 0.4) is 0 Å². The predicted octanol–water partition coefficient (Wildman–Crippen LogP) is 3.64. The highest BCUT2D eigenvalue weighted by atomic mass is 16.5. The standard InChI is InChI=1S/C20H16N2O/c21-12-17-18(14-7-2-1-3-8-14)16-11-10-13-6-4-5-9-15(13)19(16)23-20(17)22/h1-9,20H,10-11,22H2. The summed E-state index contributed by atoms with van der Waals surface area (Å²) in [5, 5.41) is 9.59. The summed E-state index contributed by atoms with van der Waals surface area (Å²) in [6.45, 7) is 0. The molecule has 0 radical (unpaired) electrons. The minimum atomic E-state index is -0.722. The first-order chi connectivity index (χ1) is 11.3. The van der Waals surface area contributed by atoms with Crippen molar-refractivity contribution >= 4 is 11.3 Å². The van der Waals surface area contributed by atoms with Crippen molar-refractivity contribution in [2.45, 2.75) is 19.1 Å². The summed E-state index contributed by atoms with van der Waals surface area (Å²) < 4.78 is 5.95. The molecule has 1 aliphatic heterocycles. The Morgan fingerprint density at radius 2 is 1.74 bits per heavy atom. The second kappa shape index (κ2) is 5.42. The topological polar surface area (TPSA) is 59.0 Å². The lowest BCUT2D eigenvalue weighted by molar-refractivity contribution is 0.205. The zero-order chi connectivity index (χ0) is 15.8. The molecule has 2 aliphatic rings. The van der Waals surface area contributed by atoms with Gasteiger partial charge in [0, 0.05) is 16.7 Å². The quantitative estimate of drug-likeness (QED) is 0.874. The molecule has 2 N–H and O–H groups in total. The third-order valence-corrected chi connectivity index (χ3v) is 4.46. The van der Waals surface area contributed by atoms with Gasteiger partial charge in [0.15, 0.2) is 6.23 Å². The molecule has 2 aromatic carbocycles. The van der Waals surface area contributed by atoms with Gasteiger partial charge in [-0.2, -0.15) is 5.26 Å². The van der Waals surface area contributed by atoms with E-state index in [2.05, 4.69) is 18.2 Å². The molecule has 0 saturated carbocycles. The molecular weight excluding hydrogens is 284 g/mol. The highest BCUT2D eigenvalue weighted by Crippen LogP contribution is 2.44. The minimum Gasteiger partial charge on any atom is -0.470 e. The van der Waals surface area contributed by atoms with Gasteiger partial charge in [-0.05, 0) is 24.0 Å². The number of fused-ring (bicyclic) bond motifs is 2. The van der Waals surface area contributed by atoms with Gasteiger partial charge in [-0.1, -0.05) is 54.6 Å². The summed E-state index contributed by atoms with van der Waals surface area (Å²) in [5.41, 5.74) is 12.1. The van der Waals surface area contributed by atoms with Crippen molar-refractivity contribution < 1.29 is 4.74 Å². The lowest BCUT2D eigenvalue weighted by atomic mass is 9.81. The molecule has 0 aromatic heterocycles. The maximum absolute atomic E-state index is 9.59. The SMILES string of the molecule is N#CC1=C(c2ccccc2)C2=C(OC1N)c1ccccc1CC2. The van der Waals surface area contributed by atoms with Gasteiger partial charge in [-0.25, -0.2) is 0 Å². The number of nitrogens with zero attached hydrogens (tertiary/aromatic N) is 1. The molecule has 1 atom stereocenters. The number of aryl methyl sites for hydroxylation is 1. The highest BCUT2D eigenvalue weighted by molar-refractivity contribution is 5.93. The molecule has 2 aromatic rings. The molecule has 0 fully saturated rings. The average molecular weight is 300 g/mol. The Balaban J connectivity index is 1.98. The Morgan fingerprint density at radius 3 is 2.52 bits per heavy atom. The summed E-state index contributed by atoms with van der Waals surface area (Å²) in [7, 11) is 0. The molecule has 0 amide bonds. The van der Waals surface area contributed by atoms with E-state index in [1.54, 1.807) is 0 Å². The summed E-state index contributed by atoms with van der Waals surface area (Å²) in [4.78, 5) is 0. The maximum Gasteiger partial charge on any atom is 0.184 e. The van der Waals surface area contributed by atoms with Gasteiger partial charge in [0.1, 0.15) is 11.8 Å². The third-order valence-electron chi connectivity index (χ3n) is 4.46. The van der Waals surface area contributed by atoms with E-state index in [1.807, 2.05) is 42.5 Å². The second-order valence-electron chi connectivity index (χ2n) is 5.77. The van der Waals surface area contributed by atoms with E-state index in [0.29, 0.717) is 5.57 Å². The largest absolute Gasteiger partial charge is 0.470 e. The fraction of sp³-hybridized carbons (Fsp3) is 0.150. The Morgan fingerprint density at radius 1 is 1.00 bits per heavy atom. The summed E-state index contributed by atoms with van der Waals surface area (Å²) in [6.07, 6.45) is 1.08. The number of nitriles is 1. The summed E-state index contributed by atoms with van der Waals surface area (Å²) >= 11 is 0. The minimum absolute atomic E-state index is 0.509. The number of allylic oxidation sites excluding steroid dienone is 2. The number of ether oxygens (including phenoxy) is 1. The van der Waals surface area contributed by atoms with Gasteiger partial charge in [0.2, 0.25) is 0 Å². The van der Waals surface area contributed by atoms with Crippen molar-refractivity contribution in [2.24, 2.45) is 5.73 Å². The molecule has 4 rings (SSSR count). The smallest absolute Gasteiger partial charge is 0.184 e. The van der Waals surface area contributed by atoms with Gasteiger partial charge >= 0.3 is 0 Å². The maximum atomic E-state index is 9.59. The molecule has 0 saturated heterocycles. The van der Waals surface area contributed by atoms with E-state index in [-0.39, 0.29) is 0 Å². The zero-order valence-electron chi connectivity index (χ0n) is 12.6. The van der Waals surface area contributed by atoms with Crippen LogP contribution in [0, 0.1) is 11.3 Å². The first-order valence-corrected chi connectivity index (χ1v) is 7.73. The Labute approximate surface area is 135 Å². The molecule has 1 aliphatic carbocycles. The number of benzene rings is 2. The summed E-state index contributed by atoms with van der Waals surface area (Å²) in [5.74, 6) is 0.831. The lowest BCUT2D eigenvalue weighted by Gasteiger charge is -2.32. The van der Waals surface area contributed by atoms with E-state index in [0.717, 1.165) is 40.9 Å². The van der Waals surface area contributed by atoms with E-state index in [9.17, 15) is 5.26 Å². The average Bonchev–Trinajstić information content (AvgIpc) is 2.61. The van der Waals surface area contributed by atoms with Crippen LogP contribution in [0.15, 0.2) is 65.7 Å². The molecule has 0 bridgehead atoms. The van der Waals surface area contributed by atoms with Crippen LogP contribution in [-0.2, 0) is 11.2 Å². The number of hydrogen-bond acceptors (Lipinski definition) is 3. The van der Waals surface area contributed by atoms with Crippen LogP contribution in [0.5, 0.6) is 0 Å².